The molecule has 0 saturated carbocycles. The lowest BCUT2D eigenvalue weighted by atomic mass is 10.1. The number of hydrogen-bond donors (Lipinski definition) is 2. The van der Waals surface area contributed by atoms with Crippen molar-refractivity contribution in [3.05, 3.63) is 11.4 Å². The van der Waals surface area contributed by atoms with E-state index in [1.54, 1.807) is 14.0 Å². The van der Waals surface area contributed by atoms with Gasteiger partial charge in [0.1, 0.15) is 0 Å². The van der Waals surface area contributed by atoms with Crippen LogP contribution in [0.1, 0.15) is 22.6 Å². The van der Waals surface area contributed by atoms with Gasteiger partial charge in [-0.25, -0.2) is 0 Å². The number of amides is 1. The van der Waals surface area contributed by atoms with Gasteiger partial charge in [-0.05, 0) is 25.8 Å². The first-order valence-electron chi connectivity index (χ1n) is 6.57. The quantitative estimate of drug-likeness (QED) is 0.746. The summed E-state index contributed by atoms with van der Waals surface area (Å²) in [6.45, 7) is 6.27. The van der Waals surface area contributed by atoms with E-state index in [0.717, 1.165) is 32.7 Å². The van der Waals surface area contributed by atoms with Crippen molar-refractivity contribution < 1.29 is 9.53 Å². The van der Waals surface area contributed by atoms with Crippen molar-refractivity contribution >= 4 is 5.91 Å². The van der Waals surface area contributed by atoms with E-state index in [-0.39, 0.29) is 5.91 Å². The number of H-pyrrole nitrogens is 1. The zero-order valence-electron chi connectivity index (χ0n) is 11.5. The summed E-state index contributed by atoms with van der Waals surface area (Å²) in [4.78, 5) is 14.2. The minimum absolute atomic E-state index is 0.151. The summed E-state index contributed by atoms with van der Waals surface area (Å²) in [5, 5.41) is 13.1. The lowest BCUT2D eigenvalue weighted by Gasteiger charge is -2.15. The first kappa shape index (κ1) is 14.0. The summed E-state index contributed by atoms with van der Waals surface area (Å²) < 4.78 is 5.07. The summed E-state index contributed by atoms with van der Waals surface area (Å²) in [5.41, 5.74) is 1.01. The van der Waals surface area contributed by atoms with Crippen molar-refractivity contribution in [3.63, 3.8) is 0 Å². The summed E-state index contributed by atoms with van der Waals surface area (Å²) in [5.74, 6) is 0.356. The van der Waals surface area contributed by atoms with Crippen molar-refractivity contribution in [2.45, 2.75) is 13.3 Å². The second-order valence-corrected chi connectivity index (χ2v) is 4.92. The number of aromatic nitrogens is 3. The van der Waals surface area contributed by atoms with Crippen molar-refractivity contribution in [2.75, 3.05) is 39.9 Å². The number of aryl methyl sites for hydroxylation is 1. The smallest absolute Gasteiger partial charge is 0.273 e. The maximum atomic E-state index is 11.9. The standard InChI is InChI=1S/C12H21N5O2/c1-9-11(15-16-14-9)12(18)13-7-10-3-4-17(8-10)5-6-19-2/h10H,3-8H2,1-2H3,(H,13,18)(H,14,15,16). The molecule has 1 aliphatic rings. The highest BCUT2D eigenvalue weighted by Gasteiger charge is 2.23. The van der Waals surface area contributed by atoms with E-state index >= 15 is 0 Å². The van der Waals surface area contributed by atoms with Crippen molar-refractivity contribution in [1.29, 1.82) is 0 Å². The third kappa shape index (κ3) is 3.74. The van der Waals surface area contributed by atoms with Gasteiger partial charge in [0.15, 0.2) is 5.69 Å². The molecule has 1 fully saturated rings. The van der Waals surface area contributed by atoms with Crippen LogP contribution in [-0.2, 0) is 4.74 Å². The number of ether oxygens (including phenoxy) is 1. The average molecular weight is 267 g/mol. The van der Waals surface area contributed by atoms with E-state index in [0.29, 0.717) is 23.9 Å². The second kappa shape index (κ2) is 6.63. The van der Waals surface area contributed by atoms with E-state index in [2.05, 4.69) is 25.6 Å². The third-order valence-electron chi connectivity index (χ3n) is 3.47. The van der Waals surface area contributed by atoms with Gasteiger partial charge in [-0.15, -0.1) is 0 Å². The van der Waals surface area contributed by atoms with Crippen LogP contribution >= 0.6 is 0 Å². The predicted molar refractivity (Wildman–Crippen MR) is 69.9 cm³/mol. The van der Waals surface area contributed by atoms with Gasteiger partial charge >= 0.3 is 0 Å². The molecule has 106 valence electrons. The number of nitrogens with zero attached hydrogens (tertiary/aromatic N) is 3. The van der Waals surface area contributed by atoms with Gasteiger partial charge < -0.3 is 15.0 Å². The molecule has 1 atom stereocenters. The Labute approximate surface area is 112 Å². The molecule has 2 N–H and O–H groups in total. The Morgan fingerprint density at radius 1 is 1.58 bits per heavy atom. The third-order valence-corrected chi connectivity index (χ3v) is 3.47. The summed E-state index contributed by atoms with van der Waals surface area (Å²) in [7, 11) is 1.72. The first-order valence-corrected chi connectivity index (χ1v) is 6.57. The van der Waals surface area contributed by atoms with Gasteiger partial charge in [0, 0.05) is 26.7 Å². The molecule has 0 bridgehead atoms. The zero-order valence-corrected chi connectivity index (χ0v) is 11.5. The Hall–Kier alpha value is -1.47. The molecule has 1 aliphatic heterocycles. The van der Waals surface area contributed by atoms with E-state index in [1.165, 1.54) is 0 Å². The molecule has 1 unspecified atom stereocenters. The fraction of sp³-hybridized carbons (Fsp3) is 0.750. The van der Waals surface area contributed by atoms with Gasteiger partial charge in [-0.1, -0.05) is 0 Å². The highest BCUT2D eigenvalue weighted by atomic mass is 16.5. The summed E-state index contributed by atoms with van der Waals surface area (Å²) in [6.07, 6.45) is 1.11. The monoisotopic (exact) mass is 267 g/mol. The molecule has 1 aromatic heterocycles. The number of aromatic amines is 1. The molecule has 7 nitrogen and oxygen atoms in total. The molecular formula is C12H21N5O2. The highest BCUT2D eigenvalue weighted by Crippen LogP contribution is 2.14. The van der Waals surface area contributed by atoms with Crippen LogP contribution in [0.5, 0.6) is 0 Å². The molecular weight excluding hydrogens is 246 g/mol. The number of methoxy groups -OCH3 is 1. The topological polar surface area (TPSA) is 83.1 Å². The first-order chi connectivity index (χ1) is 9.20. The van der Waals surface area contributed by atoms with Crippen molar-refractivity contribution in [3.8, 4) is 0 Å². The maximum Gasteiger partial charge on any atom is 0.273 e. The van der Waals surface area contributed by atoms with E-state index in [1.807, 2.05) is 0 Å². The zero-order chi connectivity index (χ0) is 13.7. The Bertz CT molecular complexity index is 420. The predicted octanol–water partition coefficient (Wildman–Crippen LogP) is -0.189. The fourth-order valence-electron chi connectivity index (χ4n) is 2.32. The SMILES string of the molecule is COCCN1CCC(CNC(=O)c2n[nH]nc2C)C1. The molecule has 19 heavy (non-hydrogen) atoms. The number of nitrogens with one attached hydrogen (secondary N) is 2. The molecule has 2 rings (SSSR count). The number of likely N-dealkylation sites (tertiary alicyclic amines) is 1. The largest absolute Gasteiger partial charge is 0.383 e. The van der Waals surface area contributed by atoms with Crippen LogP contribution in [0.4, 0.5) is 0 Å². The summed E-state index contributed by atoms with van der Waals surface area (Å²) >= 11 is 0. The van der Waals surface area contributed by atoms with Gasteiger partial charge in [-0.3, -0.25) is 4.79 Å². The molecule has 1 amide bonds. The fourth-order valence-corrected chi connectivity index (χ4v) is 2.32. The Balaban J connectivity index is 1.72. The highest BCUT2D eigenvalue weighted by molar-refractivity contribution is 5.93. The molecule has 2 heterocycles. The number of carbonyl (C=O) groups is 1. The number of rotatable bonds is 6. The molecule has 0 radical (unpaired) electrons. The Morgan fingerprint density at radius 2 is 2.42 bits per heavy atom. The van der Waals surface area contributed by atoms with Crippen LogP contribution in [-0.4, -0.2) is 66.1 Å². The van der Waals surface area contributed by atoms with Gasteiger partial charge in [0.05, 0.1) is 12.3 Å². The second-order valence-electron chi connectivity index (χ2n) is 4.92. The Kier molecular flexibility index (Phi) is 4.86. The lowest BCUT2D eigenvalue weighted by molar-refractivity contribution is 0.0941. The number of hydrogen-bond acceptors (Lipinski definition) is 5. The molecule has 0 aromatic carbocycles. The molecule has 7 heteroatoms. The number of carbonyl (C=O) groups excluding carboxylic acids is 1. The van der Waals surface area contributed by atoms with Crippen LogP contribution in [0, 0.1) is 12.8 Å². The average Bonchev–Trinajstić information content (AvgIpc) is 3.02. The van der Waals surface area contributed by atoms with Crippen molar-refractivity contribution in [1.82, 2.24) is 25.6 Å². The van der Waals surface area contributed by atoms with Crippen molar-refractivity contribution in [2.24, 2.45) is 5.92 Å². The minimum atomic E-state index is -0.151. The van der Waals surface area contributed by atoms with E-state index in [4.69, 9.17) is 4.74 Å². The van der Waals surface area contributed by atoms with Crippen LogP contribution in [0.25, 0.3) is 0 Å². The van der Waals surface area contributed by atoms with Gasteiger partial charge in [0.2, 0.25) is 0 Å². The minimum Gasteiger partial charge on any atom is -0.383 e. The van der Waals surface area contributed by atoms with Crippen LogP contribution in [0.15, 0.2) is 0 Å². The molecule has 1 saturated heterocycles. The molecule has 1 aromatic rings. The maximum absolute atomic E-state index is 11.9. The molecule has 0 spiro atoms. The summed E-state index contributed by atoms with van der Waals surface area (Å²) in [6, 6.07) is 0. The van der Waals surface area contributed by atoms with Crippen LogP contribution in [0.2, 0.25) is 0 Å². The normalized spacial score (nSPS) is 19.8. The van der Waals surface area contributed by atoms with Gasteiger partial charge in [-0.2, -0.15) is 15.4 Å². The Morgan fingerprint density at radius 3 is 3.11 bits per heavy atom. The van der Waals surface area contributed by atoms with Crippen LogP contribution < -0.4 is 5.32 Å². The van der Waals surface area contributed by atoms with Crippen LogP contribution in [0.3, 0.4) is 0 Å². The van der Waals surface area contributed by atoms with Gasteiger partial charge in [0.25, 0.3) is 5.91 Å². The molecule has 0 aliphatic carbocycles. The van der Waals surface area contributed by atoms with E-state index < -0.39 is 0 Å². The lowest BCUT2D eigenvalue weighted by Crippen LogP contribution is -2.32. The van der Waals surface area contributed by atoms with E-state index in [9.17, 15) is 4.79 Å².